The van der Waals surface area contributed by atoms with Crippen LogP contribution >= 0.6 is 0 Å². The number of nitrogens with zero attached hydrogens (tertiary/aromatic N) is 3. The van der Waals surface area contributed by atoms with Gasteiger partial charge in [0.2, 0.25) is 10.0 Å². The Balaban J connectivity index is 1.40. The molecule has 1 fully saturated rings. The molecule has 4 rings (SSSR count). The Kier molecular flexibility index (Phi) is 6.85. The van der Waals surface area contributed by atoms with Crippen LogP contribution in [0.5, 0.6) is 0 Å². The molecule has 0 aliphatic carbocycles. The number of sulfonamides is 1. The molecule has 1 aliphatic rings. The van der Waals surface area contributed by atoms with Crippen LogP contribution < -0.4 is 4.72 Å². The number of hydrogen-bond donors (Lipinski definition) is 1. The summed E-state index contributed by atoms with van der Waals surface area (Å²) in [7, 11) is -1.58. The largest absolute Gasteiger partial charge is 0.303 e. The molecule has 0 bridgehead atoms. The normalized spacial score (nSPS) is 16.9. The van der Waals surface area contributed by atoms with Gasteiger partial charge in [0.15, 0.2) is 0 Å². The van der Waals surface area contributed by atoms with Gasteiger partial charge < -0.3 is 4.90 Å². The van der Waals surface area contributed by atoms with Crippen molar-refractivity contribution in [2.24, 2.45) is 7.05 Å². The van der Waals surface area contributed by atoms with Crippen LogP contribution in [0.3, 0.4) is 0 Å². The van der Waals surface area contributed by atoms with Crippen LogP contribution in [0.1, 0.15) is 42.5 Å². The van der Waals surface area contributed by atoms with Crippen molar-refractivity contribution in [3.8, 4) is 0 Å². The standard InChI is InChI=1S/C24H30N4O2S/c1-27-24(12-16-25-27)21-13-17-28(18-14-21)19-15-23(20-8-4-2-5-9-20)26-31(29,30)22-10-6-3-7-11-22/h2-12,16,21,23,26H,13-15,17-19H2,1H3. The average molecular weight is 439 g/mol. The van der Waals surface area contributed by atoms with Gasteiger partial charge in [0.25, 0.3) is 0 Å². The second kappa shape index (κ2) is 9.77. The fourth-order valence-corrected chi connectivity index (χ4v) is 5.66. The van der Waals surface area contributed by atoms with Crippen LogP contribution in [0.25, 0.3) is 0 Å². The molecule has 1 saturated heterocycles. The second-order valence-electron chi connectivity index (χ2n) is 8.18. The van der Waals surface area contributed by atoms with Gasteiger partial charge in [-0.25, -0.2) is 13.1 Å². The lowest BCUT2D eigenvalue weighted by Gasteiger charge is -2.33. The number of piperidine rings is 1. The van der Waals surface area contributed by atoms with E-state index < -0.39 is 10.0 Å². The predicted molar refractivity (Wildman–Crippen MR) is 122 cm³/mol. The first-order chi connectivity index (χ1) is 15.0. The van der Waals surface area contributed by atoms with Crippen molar-refractivity contribution in [3.63, 3.8) is 0 Å². The summed E-state index contributed by atoms with van der Waals surface area (Å²) < 4.78 is 30.8. The third-order valence-electron chi connectivity index (χ3n) is 6.15. The lowest BCUT2D eigenvalue weighted by atomic mass is 9.93. The van der Waals surface area contributed by atoms with E-state index in [-0.39, 0.29) is 6.04 Å². The predicted octanol–water partition coefficient (Wildman–Crippen LogP) is 3.71. The molecule has 3 aromatic rings. The molecule has 0 amide bonds. The minimum Gasteiger partial charge on any atom is -0.303 e. The molecule has 1 aromatic heterocycles. The van der Waals surface area contributed by atoms with Crippen molar-refractivity contribution in [1.82, 2.24) is 19.4 Å². The summed E-state index contributed by atoms with van der Waals surface area (Å²) in [6.45, 7) is 2.89. The molecule has 2 heterocycles. The van der Waals surface area contributed by atoms with E-state index in [1.807, 2.05) is 54.3 Å². The van der Waals surface area contributed by atoms with Gasteiger partial charge in [0.1, 0.15) is 0 Å². The summed E-state index contributed by atoms with van der Waals surface area (Å²) in [6.07, 6.45) is 4.80. The zero-order valence-corrected chi connectivity index (χ0v) is 18.7. The molecule has 1 atom stereocenters. The molecule has 31 heavy (non-hydrogen) atoms. The Bertz CT molecular complexity index is 1060. The summed E-state index contributed by atoms with van der Waals surface area (Å²) in [4.78, 5) is 2.74. The van der Waals surface area contributed by atoms with Crippen LogP contribution in [-0.2, 0) is 17.1 Å². The summed E-state index contributed by atoms with van der Waals surface area (Å²) in [5.41, 5.74) is 2.30. The van der Waals surface area contributed by atoms with E-state index in [0.717, 1.165) is 44.5 Å². The van der Waals surface area contributed by atoms with Gasteiger partial charge in [0.05, 0.1) is 4.90 Å². The molecule has 6 nitrogen and oxygen atoms in total. The number of aromatic nitrogens is 2. The van der Waals surface area contributed by atoms with Crippen molar-refractivity contribution in [3.05, 3.63) is 84.2 Å². The summed E-state index contributed by atoms with van der Waals surface area (Å²) in [5.74, 6) is 0.547. The van der Waals surface area contributed by atoms with Crippen LogP contribution in [0.4, 0.5) is 0 Å². The molecule has 0 radical (unpaired) electrons. The second-order valence-corrected chi connectivity index (χ2v) is 9.90. The number of likely N-dealkylation sites (tertiary alicyclic amines) is 1. The fraction of sp³-hybridized carbons (Fsp3) is 0.375. The third kappa shape index (κ3) is 5.42. The van der Waals surface area contributed by atoms with Gasteiger partial charge >= 0.3 is 0 Å². The first-order valence-corrected chi connectivity index (χ1v) is 12.3. The van der Waals surface area contributed by atoms with Gasteiger partial charge in [-0.2, -0.15) is 5.10 Å². The van der Waals surface area contributed by atoms with Gasteiger partial charge in [-0.05, 0) is 62.7 Å². The number of aryl methyl sites for hydroxylation is 1. The lowest BCUT2D eigenvalue weighted by molar-refractivity contribution is 0.201. The van der Waals surface area contributed by atoms with Crippen LogP contribution in [0.15, 0.2) is 77.8 Å². The summed E-state index contributed by atoms with van der Waals surface area (Å²) in [5, 5.41) is 4.30. The molecule has 1 unspecified atom stereocenters. The number of rotatable bonds is 8. The van der Waals surface area contributed by atoms with E-state index in [2.05, 4.69) is 20.8 Å². The van der Waals surface area contributed by atoms with Gasteiger partial charge in [-0.1, -0.05) is 48.5 Å². The highest BCUT2D eigenvalue weighted by Gasteiger charge is 2.25. The highest BCUT2D eigenvalue weighted by molar-refractivity contribution is 7.89. The molecule has 0 spiro atoms. The summed E-state index contributed by atoms with van der Waals surface area (Å²) >= 11 is 0. The zero-order valence-electron chi connectivity index (χ0n) is 17.9. The molecule has 1 aliphatic heterocycles. The molecule has 164 valence electrons. The molecular weight excluding hydrogens is 408 g/mol. The molecule has 7 heteroatoms. The smallest absolute Gasteiger partial charge is 0.241 e. The average Bonchev–Trinajstić information content (AvgIpc) is 3.24. The molecule has 1 N–H and O–H groups in total. The topological polar surface area (TPSA) is 67.2 Å². The first kappa shape index (κ1) is 21.7. The maximum Gasteiger partial charge on any atom is 0.241 e. The molecular formula is C24H30N4O2S. The number of hydrogen-bond acceptors (Lipinski definition) is 4. The minimum absolute atomic E-state index is 0.263. The van der Waals surface area contributed by atoms with E-state index in [4.69, 9.17) is 0 Å². The fourth-order valence-electron chi connectivity index (χ4n) is 4.38. The summed E-state index contributed by atoms with van der Waals surface area (Å²) in [6, 6.07) is 20.3. The maximum atomic E-state index is 12.9. The third-order valence-corrected chi connectivity index (χ3v) is 7.64. The van der Waals surface area contributed by atoms with E-state index in [1.54, 1.807) is 24.3 Å². The van der Waals surface area contributed by atoms with E-state index in [0.29, 0.717) is 10.8 Å². The quantitative estimate of drug-likeness (QED) is 0.582. The molecule has 0 saturated carbocycles. The Morgan fingerprint density at radius 2 is 1.65 bits per heavy atom. The van der Waals surface area contributed by atoms with Crippen molar-refractivity contribution in [2.45, 2.75) is 36.1 Å². The Morgan fingerprint density at radius 1 is 1.00 bits per heavy atom. The van der Waals surface area contributed by atoms with Gasteiger partial charge in [-0.3, -0.25) is 4.68 Å². The Morgan fingerprint density at radius 3 is 2.26 bits per heavy atom. The van der Waals surface area contributed by atoms with Gasteiger partial charge in [0, 0.05) is 30.9 Å². The Labute approximate surface area is 185 Å². The van der Waals surface area contributed by atoms with Crippen LogP contribution in [0, 0.1) is 0 Å². The van der Waals surface area contributed by atoms with Crippen molar-refractivity contribution < 1.29 is 8.42 Å². The highest BCUT2D eigenvalue weighted by atomic mass is 32.2. The van der Waals surface area contributed by atoms with Gasteiger partial charge in [-0.15, -0.1) is 0 Å². The van der Waals surface area contributed by atoms with Crippen LogP contribution in [-0.4, -0.2) is 42.7 Å². The van der Waals surface area contributed by atoms with E-state index in [9.17, 15) is 8.42 Å². The number of benzene rings is 2. The van der Waals surface area contributed by atoms with Crippen molar-refractivity contribution in [2.75, 3.05) is 19.6 Å². The first-order valence-electron chi connectivity index (χ1n) is 10.9. The minimum atomic E-state index is -3.58. The number of nitrogens with one attached hydrogen (secondary N) is 1. The van der Waals surface area contributed by atoms with E-state index in [1.165, 1.54) is 5.69 Å². The zero-order chi connectivity index (χ0) is 21.7. The van der Waals surface area contributed by atoms with E-state index >= 15 is 0 Å². The van der Waals surface area contributed by atoms with Crippen LogP contribution in [0.2, 0.25) is 0 Å². The monoisotopic (exact) mass is 438 g/mol. The van der Waals surface area contributed by atoms with Crippen molar-refractivity contribution in [1.29, 1.82) is 0 Å². The SMILES string of the molecule is Cn1nccc1C1CCN(CCC(NS(=O)(=O)c2ccccc2)c2ccccc2)CC1. The highest BCUT2D eigenvalue weighted by Crippen LogP contribution is 2.28. The maximum absolute atomic E-state index is 12.9. The Hall–Kier alpha value is -2.48. The lowest BCUT2D eigenvalue weighted by Crippen LogP contribution is -2.37. The molecule has 2 aromatic carbocycles. The van der Waals surface area contributed by atoms with Crippen molar-refractivity contribution >= 4 is 10.0 Å².